The summed E-state index contributed by atoms with van der Waals surface area (Å²) in [7, 11) is -1.87. The molecular formula is C21H23ClN6O4S. The smallest absolute Gasteiger partial charge is 0.233 e. The molecule has 0 amide bonds. The number of rotatable bonds is 7. The molecule has 1 aromatic heterocycles. The van der Waals surface area contributed by atoms with Crippen molar-refractivity contribution in [2.75, 3.05) is 55.2 Å². The molecule has 33 heavy (non-hydrogen) atoms. The second-order valence-corrected chi connectivity index (χ2v) is 9.58. The van der Waals surface area contributed by atoms with Gasteiger partial charge in [-0.2, -0.15) is 15.0 Å². The molecule has 3 aromatic rings. The molecule has 0 unspecified atom stereocenters. The van der Waals surface area contributed by atoms with Crippen LogP contribution in [0.2, 0.25) is 5.28 Å². The van der Waals surface area contributed by atoms with E-state index in [0.29, 0.717) is 30.3 Å². The van der Waals surface area contributed by atoms with Crippen molar-refractivity contribution in [3.8, 4) is 5.75 Å². The van der Waals surface area contributed by atoms with Gasteiger partial charge < -0.3 is 25.0 Å². The van der Waals surface area contributed by atoms with Gasteiger partial charge in [-0.3, -0.25) is 0 Å². The normalized spacial score (nSPS) is 14.1. The molecule has 0 saturated carbocycles. The van der Waals surface area contributed by atoms with E-state index >= 15 is 0 Å². The minimum atomic E-state index is -3.46. The van der Waals surface area contributed by atoms with Gasteiger partial charge in [-0.15, -0.1) is 0 Å². The molecule has 4 rings (SSSR count). The Morgan fingerprint density at radius 2 is 1.67 bits per heavy atom. The number of halogens is 1. The molecule has 2 heterocycles. The van der Waals surface area contributed by atoms with E-state index in [1.807, 2.05) is 18.2 Å². The summed E-state index contributed by atoms with van der Waals surface area (Å²) < 4.78 is 35.1. The van der Waals surface area contributed by atoms with Crippen LogP contribution in [-0.2, 0) is 14.6 Å². The maximum Gasteiger partial charge on any atom is 0.233 e. The summed E-state index contributed by atoms with van der Waals surface area (Å²) >= 11 is 6.10. The lowest BCUT2D eigenvalue weighted by atomic mass is 10.2. The number of anilines is 5. The van der Waals surface area contributed by atoms with E-state index in [2.05, 4.69) is 30.5 Å². The molecule has 1 saturated heterocycles. The zero-order valence-corrected chi connectivity index (χ0v) is 19.7. The average Bonchev–Trinajstić information content (AvgIpc) is 2.79. The number of hydrogen-bond donors (Lipinski definition) is 2. The Bertz CT molecular complexity index is 1250. The maximum absolute atomic E-state index is 12.1. The van der Waals surface area contributed by atoms with Gasteiger partial charge >= 0.3 is 0 Å². The average molecular weight is 491 g/mol. The number of nitrogens with one attached hydrogen (secondary N) is 2. The molecule has 2 N–H and O–H groups in total. The van der Waals surface area contributed by atoms with Crippen LogP contribution in [0.5, 0.6) is 5.75 Å². The predicted molar refractivity (Wildman–Crippen MR) is 127 cm³/mol. The predicted octanol–water partition coefficient (Wildman–Crippen LogP) is 3.26. The lowest BCUT2D eigenvalue weighted by Crippen LogP contribution is -2.36. The van der Waals surface area contributed by atoms with Gasteiger partial charge in [0.15, 0.2) is 9.84 Å². The van der Waals surface area contributed by atoms with Crippen LogP contribution in [0, 0.1) is 0 Å². The standard InChI is InChI=1S/C21H23ClN6O4S/c1-31-17-13-14(28-9-11-32-12-10-28)7-8-15(17)23-20-25-19(22)26-21(27-20)24-16-5-3-4-6-18(16)33(2,29)30/h3-8,13H,9-12H2,1-2H3,(H2,23,24,25,26,27). The summed E-state index contributed by atoms with van der Waals surface area (Å²) in [5.41, 5.74) is 1.99. The van der Waals surface area contributed by atoms with E-state index in [4.69, 9.17) is 21.1 Å². The number of hydrogen-bond acceptors (Lipinski definition) is 10. The molecular weight excluding hydrogens is 468 g/mol. The fraction of sp³-hybridized carbons (Fsp3) is 0.286. The lowest BCUT2D eigenvalue weighted by Gasteiger charge is -2.29. The van der Waals surface area contributed by atoms with Crippen LogP contribution in [0.4, 0.5) is 29.0 Å². The first-order valence-corrected chi connectivity index (χ1v) is 12.4. The molecule has 0 spiro atoms. The first kappa shape index (κ1) is 23.0. The van der Waals surface area contributed by atoms with Crippen LogP contribution >= 0.6 is 11.6 Å². The van der Waals surface area contributed by atoms with Gasteiger partial charge in [-0.1, -0.05) is 12.1 Å². The molecule has 0 radical (unpaired) electrons. The van der Waals surface area contributed by atoms with E-state index in [1.54, 1.807) is 25.3 Å². The fourth-order valence-electron chi connectivity index (χ4n) is 3.40. The second-order valence-electron chi connectivity index (χ2n) is 7.25. The third kappa shape index (κ3) is 5.62. The number of benzene rings is 2. The van der Waals surface area contributed by atoms with E-state index in [-0.39, 0.29) is 22.1 Å². The Kier molecular flexibility index (Phi) is 6.82. The minimum absolute atomic E-state index is 0.0595. The van der Waals surface area contributed by atoms with Gasteiger partial charge in [0.1, 0.15) is 5.75 Å². The summed E-state index contributed by atoms with van der Waals surface area (Å²) in [6.07, 6.45) is 1.13. The number of ether oxygens (including phenoxy) is 2. The van der Waals surface area contributed by atoms with Gasteiger partial charge in [0.05, 0.1) is 36.6 Å². The molecule has 1 aliphatic heterocycles. The largest absolute Gasteiger partial charge is 0.494 e. The first-order chi connectivity index (χ1) is 15.8. The Hall–Kier alpha value is -3.15. The zero-order chi connectivity index (χ0) is 23.4. The highest BCUT2D eigenvalue weighted by atomic mass is 35.5. The van der Waals surface area contributed by atoms with Crippen molar-refractivity contribution in [3.05, 3.63) is 47.7 Å². The van der Waals surface area contributed by atoms with Crippen molar-refractivity contribution in [2.24, 2.45) is 0 Å². The van der Waals surface area contributed by atoms with E-state index in [1.165, 1.54) is 6.07 Å². The summed E-state index contributed by atoms with van der Waals surface area (Å²) in [5.74, 6) is 0.872. The van der Waals surface area contributed by atoms with Crippen molar-refractivity contribution in [1.82, 2.24) is 15.0 Å². The quantitative estimate of drug-likeness (QED) is 0.510. The van der Waals surface area contributed by atoms with Gasteiger partial charge in [-0.05, 0) is 35.9 Å². The Balaban J connectivity index is 1.59. The topological polar surface area (TPSA) is 119 Å². The highest BCUT2D eigenvalue weighted by Crippen LogP contribution is 2.32. The summed E-state index contributed by atoms with van der Waals surface area (Å²) in [6, 6.07) is 12.2. The second kappa shape index (κ2) is 9.77. The van der Waals surface area contributed by atoms with Crippen LogP contribution in [0.15, 0.2) is 47.4 Å². The third-order valence-corrected chi connectivity index (χ3v) is 6.27. The highest BCUT2D eigenvalue weighted by molar-refractivity contribution is 7.90. The number of para-hydroxylation sites is 1. The van der Waals surface area contributed by atoms with Crippen LogP contribution in [0.1, 0.15) is 0 Å². The van der Waals surface area contributed by atoms with Crippen molar-refractivity contribution < 1.29 is 17.9 Å². The number of aromatic nitrogens is 3. The van der Waals surface area contributed by atoms with Gasteiger partial charge in [0.25, 0.3) is 0 Å². The SMILES string of the molecule is COc1cc(N2CCOCC2)ccc1Nc1nc(Cl)nc(Nc2ccccc2S(C)(=O)=O)n1. The Morgan fingerprint density at radius 3 is 2.33 bits per heavy atom. The van der Waals surface area contributed by atoms with E-state index < -0.39 is 9.84 Å². The van der Waals surface area contributed by atoms with E-state index in [0.717, 1.165) is 25.0 Å². The summed E-state index contributed by atoms with van der Waals surface area (Å²) in [4.78, 5) is 14.8. The van der Waals surface area contributed by atoms with Crippen molar-refractivity contribution >= 4 is 50.4 Å². The molecule has 0 bridgehead atoms. The molecule has 1 fully saturated rings. The van der Waals surface area contributed by atoms with Crippen molar-refractivity contribution in [2.45, 2.75) is 4.90 Å². The molecule has 10 nitrogen and oxygen atoms in total. The lowest BCUT2D eigenvalue weighted by molar-refractivity contribution is 0.122. The molecule has 174 valence electrons. The molecule has 2 aromatic carbocycles. The summed E-state index contributed by atoms with van der Waals surface area (Å²) in [6.45, 7) is 2.99. The highest BCUT2D eigenvalue weighted by Gasteiger charge is 2.16. The third-order valence-electron chi connectivity index (χ3n) is 4.95. The van der Waals surface area contributed by atoms with Crippen LogP contribution in [0.3, 0.4) is 0 Å². The number of nitrogens with zero attached hydrogens (tertiary/aromatic N) is 4. The monoisotopic (exact) mass is 490 g/mol. The zero-order valence-electron chi connectivity index (χ0n) is 18.1. The van der Waals surface area contributed by atoms with Crippen molar-refractivity contribution in [3.63, 3.8) is 0 Å². The minimum Gasteiger partial charge on any atom is -0.494 e. The molecule has 0 atom stereocenters. The number of methoxy groups -OCH3 is 1. The van der Waals surface area contributed by atoms with Crippen LogP contribution in [-0.4, -0.2) is 63.0 Å². The maximum atomic E-state index is 12.1. The van der Waals surface area contributed by atoms with Gasteiger partial charge in [-0.25, -0.2) is 8.42 Å². The molecule has 0 aliphatic carbocycles. The Morgan fingerprint density at radius 1 is 1.00 bits per heavy atom. The molecule has 12 heteroatoms. The summed E-state index contributed by atoms with van der Waals surface area (Å²) in [5, 5.41) is 5.94. The van der Waals surface area contributed by atoms with Crippen LogP contribution < -0.4 is 20.3 Å². The molecule has 1 aliphatic rings. The first-order valence-electron chi connectivity index (χ1n) is 10.1. The van der Waals surface area contributed by atoms with Gasteiger partial charge in [0, 0.05) is 31.1 Å². The van der Waals surface area contributed by atoms with Crippen molar-refractivity contribution in [1.29, 1.82) is 0 Å². The van der Waals surface area contributed by atoms with Crippen LogP contribution in [0.25, 0.3) is 0 Å². The number of morpholine rings is 1. The van der Waals surface area contributed by atoms with E-state index in [9.17, 15) is 8.42 Å². The fourth-order valence-corrected chi connectivity index (χ4v) is 4.40. The van der Waals surface area contributed by atoms with Gasteiger partial charge in [0.2, 0.25) is 17.2 Å². The Labute approximate surface area is 196 Å². The number of sulfone groups is 1.